The monoisotopic (exact) mass is 353 g/mol. The van der Waals surface area contributed by atoms with E-state index in [9.17, 15) is 14.0 Å². The van der Waals surface area contributed by atoms with Gasteiger partial charge in [-0.15, -0.1) is 11.3 Å². The fourth-order valence-electron chi connectivity index (χ4n) is 2.67. The van der Waals surface area contributed by atoms with Crippen LogP contribution in [0.2, 0.25) is 0 Å². The van der Waals surface area contributed by atoms with E-state index in [1.54, 1.807) is 25.1 Å². The number of benzene rings is 2. The van der Waals surface area contributed by atoms with E-state index in [1.165, 1.54) is 29.5 Å². The van der Waals surface area contributed by atoms with Gasteiger partial charge in [-0.25, -0.2) is 9.18 Å². The first-order chi connectivity index (χ1) is 12.0. The van der Waals surface area contributed by atoms with Crippen molar-refractivity contribution < 1.29 is 13.6 Å². The van der Waals surface area contributed by atoms with Crippen LogP contribution < -0.4 is 10.9 Å². The topological polar surface area (TPSA) is 59.3 Å². The van der Waals surface area contributed by atoms with Crippen molar-refractivity contribution >= 4 is 44.0 Å². The molecule has 4 rings (SSSR count). The maximum Gasteiger partial charge on any atom is 0.345 e. The van der Waals surface area contributed by atoms with Crippen LogP contribution in [0, 0.1) is 12.7 Å². The van der Waals surface area contributed by atoms with Crippen molar-refractivity contribution in [2.45, 2.75) is 6.92 Å². The van der Waals surface area contributed by atoms with Crippen molar-refractivity contribution in [1.29, 1.82) is 0 Å². The molecule has 0 fully saturated rings. The summed E-state index contributed by atoms with van der Waals surface area (Å²) in [4.78, 5) is 25.0. The summed E-state index contributed by atoms with van der Waals surface area (Å²) < 4.78 is 19.4. The normalized spacial score (nSPS) is 11.1. The number of fused-ring (bicyclic) bond motifs is 3. The van der Waals surface area contributed by atoms with Crippen LogP contribution in [0.3, 0.4) is 0 Å². The van der Waals surface area contributed by atoms with Crippen LogP contribution in [0.25, 0.3) is 21.1 Å². The summed E-state index contributed by atoms with van der Waals surface area (Å²) in [5, 5.41) is 3.84. The maximum absolute atomic E-state index is 13.4. The molecule has 0 aliphatic heterocycles. The van der Waals surface area contributed by atoms with Crippen molar-refractivity contribution in [1.82, 2.24) is 0 Å². The summed E-state index contributed by atoms with van der Waals surface area (Å²) in [6.45, 7) is 1.78. The Morgan fingerprint density at radius 1 is 1.12 bits per heavy atom. The molecule has 1 N–H and O–H groups in total. The van der Waals surface area contributed by atoms with Gasteiger partial charge in [0.05, 0.1) is 15.0 Å². The molecular formula is C19H12FNO3S. The Morgan fingerprint density at radius 2 is 1.92 bits per heavy atom. The number of halogens is 1. The summed E-state index contributed by atoms with van der Waals surface area (Å²) in [5.74, 6) is -0.817. The molecule has 124 valence electrons. The zero-order valence-corrected chi connectivity index (χ0v) is 13.9. The molecule has 2 heterocycles. The van der Waals surface area contributed by atoms with Crippen LogP contribution in [0.5, 0.6) is 0 Å². The molecule has 0 spiro atoms. The molecule has 1 amide bonds. The van der Waals surface area contributed by atoms with Crippen molar-refractivity contribution in [2.75, 3.05) is 5.32 Å². The number of carbonyl (C=O) groups excluding carboxylic acids is 1. The molecule has 6 heteroatoms. The number of carbonyl (C=O) groups is 1. The third kappa shape index (κ3) is 2.70. The quantitative estimate of drug-likeness (QED) is 0.531. The molecule has 0 atom stereocenters. The van der Waals surface area contributed by atoms with Crippen molar-refractivity contribution in [3.8, 4) is 0 Å². The minimum atomic E-state index is -0.481. The third-order valence-electron chi connectivity index (χ3n) is 3.96. The van der Waals surface area contributed by atoms with E-state index >= 15 is 0 Å². The van der Waals surface area contributed by atoms with Gasteiger partial charge in [0.2, 0.25) is 0 Å². The van der Waals surface area contributed by atoms with Gasteiger partial charge < -0.3 is 9.73 Å². The lowest BCUT2D eigenvalue weighted by Crippen LogP contribution is -2.11. The van der Waals surface area contributed by atoms with Crippen LogP contribution >= 0.6 is 11.3 Å². The number of thiophene rings is 1. The Morgan fingerprint density at radius 3 is 2.76 bits per heavy atom. The van der Waals surface area contributed by atoms with Gasteiger partial charge in [-0.05, 0) is 42.8 Å². The van der Waals surface area contributed by atoms with Gasteiger partial charge in [0.15, 0.2) is 0 Å². The Kier molecular flexibility index (Phi) is 3.62. The zero-order chi connectivity index (χ0) is 17.6. The maximum atomic E-state index is 13.4. The predicted molar refractivity (Wildman–Crippen MR) is 97.0 cm³/mol. The van der Waals surface area contributed by atoms with Crippen molar-refractivity contribution in [2.24, 2.45) is 0 Å². The predicted octanol–water partition coefficient (Wildman–Crippen LogP) is 4.71. The molecule has 4 aromatic rings. The molecule has 0 aliphatic carbocycles. The van der Waals surface area contributed by atoms with Gasteiger partial charge in [0, 0.05) is 11.1 Å². The highest BCUT2D eigenvalue weighted by molar-refractivity contribution is 7.21. The third-order valence-corrected chi connectivity index (χ3v) is 5.13. The Hall–Kier alpha value is -2.99. The standard InChI is InChI=1S/C19H12FNO3S/c1-10-6-7-11(20)8-14(10)21-18(22)16-9-13-17(25-16)12-4-2-3-5-15(12)24-19(13)23/h2-9H,1H3,(H,21,22). The van der Waals surface area contributed by atoms with Crippen LogP contribution in [-0.2, 0) is 0 Å². The number of aryl methyl sites for hydroxylation is 1. The van der Waals surface area contributed by atoms with Gasteiger partial charge in [0.25, 0.3) is 5.91 Å². The molecule has 25 heavy (non-hydrogen) atoms. The molecule has 0 unspecified atom stereocenters. The summed E-state index contributed by atoms with van der Waals surface area (Å²) in [6.07, 6.45) is 0. The molecule has 0 radical (unpaired) electrons. The van der Waals surface area contributed by atoms with E-state index in [2.05, 4.69) is 5.32 Å². The van der Waals surface area contributed by atoms with Crippen LogP contribution in [0.4, 0.5) is 10.1 Å². The number of rotatable bonds is 2. The number of amides is 1. The lowest BCUT2D eigenvalue weighted by Gasteiger charge is -2.07. The molecule has 0 aliphatic rings. The molecule has 0 bridgehead atoms. The number of para-hydroxylation sites is 1. The Balaban J connectivity index is 1.80. The number of anilines is 1. The van der Waals surface area contributed by atoms with Crippen molar-refractivity contribution in [3.05, 3.63) is 75.2 Å². The highest BCUT2D eigenvalue weighted by Gasteiger charge is 2.16. The fraction of sp³-hybridized carbons (Fsp3) is 0.0526. The number of hydrogen-bond donors (Lipinski definition) is 1. The summed E-state index contributed by atoms with van der Waals surface area (Å²) in [6, 6.07) is 12.9. The van der Waals surface area contributed by atoms with Gasteiger partial charge in [-0.3, -0.25) is 4.79 Å². The number of nitrogens with one attached hydrogen (secondary N) is 1. The molecule has 0 saturated carbocycles. The van der Waals surface area contributed by atoms with Gasteiger partial charge in [-0.1, -0.05) is 18.2 Å². The van der Waals surface area contributed by atoms with E-state index < -0.39 is 17.3 Å². The first-order valence-corrected chi connectivity index (χ1v) is 8.37. The minimum absolute atomic E-state index is 0.363. The van der Waals surface area contributed by atoms with Crippen molar-refractivity contribution in [3.63, 3.8) is 0 Å². The van der Waals surface area contributed by atoms with E-state index in [4.69, 9.17) is 4.42 Å². The average molecular weight is 353 g/mol. The first kappa shape index (κ1) is 15.5. The largest absolute Gasteiger partial charge is 0.422 e. The molecule has 2 aromatic heterocycles. The zero-order valence-electron chi connectivity index (χ0n) is 13.1. The SMILES string of the molecule is Cc1ccc(F)cc1NC(=O)c1cc2c(=O)oc3ccccc3c2s1. The molecule has 2 aromatic carbocycles. The fourth-order valence-corrected chi connectivity index (χ4v) is 3.74. The smallest absolute Gasteiger partial charge is 0.345 e. The second kappa shape index (κ2) is 5.82. The van der Waals surface area contributed by atoms with Gasteiger partial charge in [0.1, 0.15) is 11.4 Å². The second-order valence-corrected chi connectivity index (χ2v) is 6.70. The second-order valence-electron chi connectivity index (χ2n) is 5.65. The molecular weight excluding hydrogens is 341 g/mol. The Bertz CT molecular complexity index is 1190. The van der Waals surface area contributed by atoms with E-state index in [1.807, 2.05) is 12.1 Å². The first-order valence-electron chi connectivity index (χ1n) is 7.56. The highest BCUT2D eigenvalue weighted by Crippen LogP contribution is 2.31. The van der Waals surface area contributed by atoms with Crippen LogP contribution in [0.1, 0.15) is 15.2 Å². The van der Waals surface area contributed by atoms with Crippen LogP contribution in [0.15, 0.2) is 57.7 Å². The minimum Gasteiger partial charge on any atom is -0.422 e. The highest BCUT2D eigenvalue weighted by atomic mass is 32.1. The summed E-state index contributed by atoms with van der Waals surface area (Å²) in [5.41, 5.74) is 1.15. The lowest BCUT2D eigenvalue weighted by molar-refractivity contribution is 0.103. The van der Waals surface area contributed by atoms with Gasteiger partial charge >= 0.3 is 5.63 Å². The van der Waals surface area contributed by atoms with Gasteiger partial charge in [-0.2, -0.15) is 0 Å². The lowest BCUT2D eigenvalue weighted by atomic mass is 10.2. The number of hydrogen-bond acceptors (Lipinski definition) is 4. The summed E-state index contributed by atoms with van der Waals surface area (Å²) >= 11 is 1.21. The molecule has 4 nitrogen and oxygen atoms in total. The van der Waals surface area contributed by atoms with E-state index in [0.717, 1.165) is 10.9 Å². The Labute approximate surface area is 145 Å². The average Bonchev–Trinajstić information content (AvgIpc) is 3.05. The van der Waals surface area contributed by atoms with E-state index in [0.29, 0.717) is 26.2 Å². The van der Waals surface area contributed by atoms with E-state index in [-0.39, 0.29) is 0 Å². The summed E-state index contributed by atoms with van der Waals surface area (Å²) in [7, 11) is 0. The molecule has 0 saturated heterocycles. The van der Waals surface area contributed by atoms with Crippen LogP contribution in [-0.4, -0.2) is 5.91 Å².